The molecule has 158 valence electrons. The van der Waals surface area contributed by atoms with Crippen LogP contribution in [-0.4, -0.2) is 55.5 Å². The van der Waals surface area contributed by atoms with Crippen molar-refractivity contribution in [2.75, 3.05) is 42.9 Å². The lowest BCUT2D eigenvalue weighted by Crippen LogP contribution is -2.34. The van der Waals surface area contributed by atoms with E-state index >= 15 is 0 Å². The number of rotatable bonds is 8. The molecular formula is C19H24N2O6S2. The number of anilines is 2. The summed E-state index contributed by atoms with van der Waals surface area (Å²) in [5.41, 5.74) is 0.754. The van der Waals surface area contributed by atoms with Crippen LogP contribution in [0.4, 0.5) is 11.4 Å². The Morgan fingerprint density at radius 3 is 2.24 bits per heavy atom. The summed E-state index contributed by atoms with van der Waals surface area (Å²) in [6, 6.07) is 10.8. The van der Waals surface area contributed by atoms with Crippen molar-refractivity contribution in [3.63, 3.8) is 0 Å². The zero-order valence-electron chi connectivity index (χ0n) is 16.7. The molecule has 10 heteroatoms. The van der Waals surface area contributed by atoms with Gasteiger partial charge < -0.3 is 15.0 Å². The van der Waals surface area contributed by atoms with Crippen LogP contribution < -0.4 is 15.0 Å². The van der Waals surface area contributed by atoms with Crippen molar-refractivity contribution in [2.24, 2.45) is 0 Å². The number of carbonyl (C=O) groups excluding carboxylic acids is 1. The van der Waals surface area contributed by atoms with Crippen molar-refractivity contribution in [1.82, 2.24) is 0 Å². The van der Waals surface area contributed by atoms with E-state index in [4.69, 9.17) is 4.74 Å². The highest BCUT2D eigenvalue weighted by atomic mass is 32.2. The fourth-order valence-electron chi connectivity index (χ4n) is 2.76. The van der Waals surface area contributed by atoms with E-state index in [-0.39, 0.29) is 27.9 Å². The molecule has 1 amide bonds. The second-order valence-electron chi connectivity index (χ2n) is 6.44. The third-order valence-corrected chi connectivity index (χ3v) is 6.43. The summed E-state index contributed by atoms with van der Waals surface area (Å²) < 4.78 is 53.4. The van der Waals surface area contributed by atoms with Gasteiger partial charge in [0.15, 0.2) is 19.7 Å². The standard InChI is InChI=1S/C19H24N2O6S2/c1-5-21(13-19(22)20-15-8-6-7-9-17(15)27-2)16-11-10-14(28(3,23)24)12-18(16)29(4,25)26/h6-12H,5,13H2,1-4H3,(H,20,22). The van der Waals surface area contributed by atoms with E-state index in [9.17, 15) is 21.6 Å². The van der Waals surface area contributed by atoms with Crippen molar-refractivity contribution in [3.05, 3.63) is 42.5 Å². The van der Waals surface area contributed by atoms with Gasteiger partial charge in [0.2, 0.25) is 5.91 Å². The Hall–Kier alpha value is -2.59. The van der Waals surface area contributed by atoms with Gasteiger partial charge in [-0.05, 0) is 37.3 Å². The molecule has 8 nitrogen and oxygen atoms in total. The molecule has 0 aliphatic heterocycles. The normalized spacial score (nSPS) is 11.7. The largest absolute Gasteiger partial charge is 0.495 e. The van der Waals surface area contributed by atoms with E-state index in [0.29, 0.717) is 18.0 Å². The van der Waals surface area contributed by atoms with E-state index in [1.54, 1.807) is 36.1 Å². The van der Waals surface area contributed by atoms with Crippen LogP contribution in [0, 0.1) is 0 Å². The quantitative estimate of drug-likeness (QED) is 0.668. The average molecular weight is 441 g/mol. The van der Waals surface area contributed by atoms with Gasteiger partial charge >= 0.3 is 0 Å². The lowest BCUT2D eigenvalue weighted by molar-refractivity contribution is -0.115. The molecule has 0 bridgehead atoms. The smallest absolute Gasteiger partial charge is 0.243 e. The Balaban J connectivity index is 2.37. The second-order valence-corrected chi connectivity index (χ2v) is 10.4. The average Bonchev–Trinajstić information content (AvgIpc) is 2.64. The van der Waals surface area contributed by atoms with Gasteiger partial charge in [-0.1, -0.05) is 12.1 Å². The predicted octanol–water partition coefficient (Wildman–Crippen LogP) is 1.97. The van der Waals surface area contributed by atoms with Crippen LogP contribution in [0.3, 0.4) is 0 Å². The molecule has 0 aromatic heterocycles. The molecule has 2 aromatic rings. The molecule has 0 aliphatic carbocycles. The number of sulfone groups is 2. The van der Waals surface area contributed by atoms with Crippen molar-refractivity contribution >= 4 is 37.0 Å². The summed E-state index contributed by atoms with van der Waals surface area (Å²) in [5, 5.41) is 2.74. The Labute approximate surface area is 171 Å². The monoisotopic (exact) mass is 440 g/mol. The van der Waals surface area contributed by atoms with E-state index in [1.807, 2.05) is 0 Å². The number of amides is 1. The Morgan fingerprint density at radius 1 is 1.03 bits per heavy atom. The fourth-order valence-corrected chi connectivity index (χ4v) is 4.40. The predicted molar refractivity (Wildman–Crippen MR) is 112 cm³/mol. The summed E-state index contributed by atoms with van der Waals surface area (Å²) in [7, 11) is -5.83. The van der Waals surface area contributed by atoms with Gasteiger partial charge in [-0.15, -0.1) is 0 Å². The van der Waals surface area contributed by atoms with E-state index in [0.717, 1.165) is 18.6 Å². The number of ether oxygens (including phenoxy) is 1. The molecule has 2 rings (SSSR count). The van der Waals surface area contributed by atoms with Crippen LogP contribution in [0.2, 0.25) is 0 Å². The molecule has 0 saturated heterocycles. The lowest BCUT2D eigenvalue weighted by atomic mass is 10.2. The minimum absolute atomic E-state index is 0.101. The topological polar surface area (TPSA) is 110 Å². The zero-order valence-corrected chi connectivity index (χ0v) is 18.3. The lowest BCUT2D eigenvalue weighted by Gasteiger charge is -2.25. The number of hydrogen-bond donors (Lipinski definition) is 1. The number of para-hydroxylation sites is 2. The van der Waals surface area contributed by atoms with E-state index < -0.39 is 19.7 Å². The third kappa shape index (κ3) is 5.70. The van der Waals surface area contributed by atoms with Gasteiger partial charge in [-0.2, -0.15) is 0 Å². The van der Waals surface area contributed by atoms with Crippen LogP contribution in [0.1, 0.15) is 6.92 Å². The van der Waals surface area contributed by atoms with Crippen LogP contribution >= 0.6 is 0 Å². The minimum atomic E-state index is -3.73. The van der Waals surface area contributed by atoms with Gasteiger partial charge in [-0.25, -0.2) is 16.8 Å². The highest BCUT2D eigenvalue weighted by Gasteiger charge is 2.22. The van der Waals surface area contributed by atoms with Gasteiger partial charge in [0.25, 0.3) is 0 Å². The Bertz CT molecular complexity index is 1110. The van der Waals surface area contributed by atoms with Gasteiger partial charge in [-0.3, -0.25) is 4.79 Å². The third-order valence-electron chi connectivity index (χ3n) is 4.20. The summed E-state index contributed by atoms with van der Waals surface area (Å²) in [5.74, 6) is 0.126. The molecule has 2 aromatic carbocycles. The molecule has 0 saturated carbocycles. The van der Waals surface area contributed by atoms with Crippen LogP contribution in [0.15, 0.2) is 52.3 Å². The van der Waals surface area contributed by atoms with Crippen molar-refractivity contribution in [2.45, 2.75) is 16.7 Å². The number of hydrogen-bond acceptors (Lipinski definition) is 7. The molecule has 0 aliphatic rings. The van der Waals surface area contributed by atoms with Gasteiger partial charge in [0.1, 0.15) is 5.75 Å². The minimum Gasteiger partial charge on any atom is -0.495 e. The Morgan fingerprint density at radius 2 is 1.69 bits per heavy atom. The number of carbonyl (C=O) groups is 1. The summed E-state index contributed by atoms with van der Waals surface area (Å²) in [6.45, 7) is 1.97. The van der Waals surface area contributed by atoms with Crippen LogP contribution in [0.25, 0.3) is 0 Å². The molecule has 0 heterocycles. The summed E-state index contributed by atoms with van der Waals surface area (Å²) >= 11 is 0. The highest BCUT2D eigenvalue weighted by Crippen LogP contribution is 2.29. The van der Waals surface area contributed by atoms with Crippen molar-refractivity contribution < 1.29 is 26.4 Å². The van der Waals surface area contributed by atoms with Crippen molar-refractivity contribution in [3.8, 4) is 5.75 Å². The molecule has 0 radical (unpaired) electrons. The van der Waals surface area contributed by atoms with E-state index in [2.05, 4.69) is 5.32 Å². The molecule has 1 N–H and O–H groups in total. The van der Waals surface area contributed by atoms with Gasteiger partial charge in [0, 0.05) is 19.1 Å². The molecule has 0 unspecified atom stereocenters. The fraction of sp³-hybridized carbons (Fsp3) is 0.316. The first-order valence-corrected chi connectivity index (χ1v) is 12.5. The maximum atomic E-state index is 12.6. The highest BCUT2D eigenvalue weighted by molar-refractivity contribution is 7.91. The number of benzene rings is 2. The maximum Gasteiger partial charge on any atom is 0.243 e. The number of nitrogens with zero attached hydrogens (tertiary/aromatic N) is 1. The van der Waals surface area contributed by atoms with Crippen LogP contribution in [-0.2, 0) is 24.5 Å². The first-order valence-electron chi connectivity index (χ1n) is 8.69. The molecule has 29 heavy (non-hydrogen) atoms. The molecule has 0 fully saturated rings. The summed E-state index contributed by atoms with van der Waals surface area (Å²) in [4.78, 5) is 13.9. The Kier molecular flexibility index (Phi) is 6.91. The number of likely N-dealkylation sites (N-methyl/N-ethyl adjacent to an activating group) is 1. The summed E-state index contributed by atoms with van der Waals surface area (Å²) in [6.07, 6.45) is 2.01. The molecule has 0 spiro atoms. The first-order chi connectivity index (χ1) is 13.5. The molecule has 0 atom stereocenters. The van der Waals surface area contributed by atoms with Crippen molar-refractivity contribution in [1.29, 1.82) is 0 Å². The van der Waals surface area contributed by atoms with E-state index in [1.165, 1.54) is 19.2 Å². The number of nitrogens with one attached hydrogen (secondary N) is 1. The second kappa shape index (κ2) is 8.83. The SMILES string of the molecule is CCN(CC(=O)Nc1ccccc1OC)c1ccc(S(C)(=O)=O)cc1S(C)(=O)=O. The zero-order chi connectivity index (χ0) is 21.8. The first kappa shape index (κ1) is 22.7. The molecular weight excluding hydrogens is 416 g/mol. The number of methoxy groups -OCH3 is 1. The van der Waals surface area contributed by atoms with Gasteiger partial charge in [0.05, 0.1) is 34.8 Å². The maximum absolute atomic E-state index is 12.6. The van der Waals surface area contributed by atoms with Crippen LogP contribution in [0.5, 0.6) is 5.75 Å².